The molecule has 0 unspecified atom stereocenters. The zero-order valence-corrected chi connectivity index (χ0v) is 12.6. The van der Waals surface area contributed by atoms with E-state index < -0.39 is 5.60 Å². The summed E-state index contributed by atoms with van der Waals surface area (Å²) in [6.07, 6.45) is -0.262. The standard InChI is InChI=1S/C17H13ClN2O2/c1-11-17(15(22-17)12-5-3-2-4-6-12)16(21)20(19-11)14-9-7-13(18)8-10-14/h2-10,15H,1H3/t15-,17-/m0/s1. The van der Waals surface area contributed by atoms with Crippen molar-refractivity contribution in [3.8, 4) is 0 Å². The first kappa shape index (κ1) is 13.5. The van der Waals surface area contributed by atoms with Gasteiger partial charge in [-0.2, -0.15) is 10.1 Å². The highest BCUT2D eigenvalue weighted by molar-refractivity contribution is 6.30. The zero-order chi connectivity index (χ0) is 15.3. The lowest BCUT2D eigenvalue weighted by atomic mass is 9.95. The minimum Gasteiger partial charge on any atom is -0.344 e. The molecular formula is C17H13ClN2O2. The molecule has 0 aromatic heterocycles. The van der Waals surface area contributed by atoms with Gasteiger partial charge < -0.3 is 4.74 Å². The molecule has 0 N–H and O–H groups in total. The first-order chi connectivity index (χ1) is 10.6. The SMILES string of the molecule is CC1=NN(c2ccc(Cl)cc2)C(=O)[C@]12O[C@H]2c1ccccc1. The minimum atomic E-state index is -0.943. The second-order valence-electron chi connectivity index (χ2n) is 5.42. The van der Waals surface area contributed by atoms with Crippen molar-refractivity contribution >= 4 is 28.9 Å². The number of epoxide rings is 1. The van der Waals surface area contributed by atoms with Gasteiger partial charge in [0.05, 0.1) is 11.4 Å². The van der Waals surface area contributed by atoms with Crippen LogP contribution in [0, 0.1) is 0 Å². The maximum atomic E-state index is 12.8. The Labute approximate surface area is 133 Å². The van der Waals surface area contributed by atoms with Crippen molar-refractivity contribution in [1.82, 2.24) is 0 Å². The Morgan fingerprint density at radius 2 is 1.82 bits per heavy atom. The lowest BCUT2D eigenvalue weighted by Gasteiger charge is -2.12. The summed E-state index contributed by atoms with van der Waals surface area (Å²) in [5.41, 5.74) is 1.42. The van der Waals surface area contributed by atoms with E-state index in [0.717, 1.165) is 5.56 Å². The molecule has 1 amide bonds. The van der Waals surface area contributed by atoms with E-state index in [0.29, 0.717) is 16.4 Å². The Morgan fingerprint density at radius 1 is 1.14 bits per heavy atom. The molecule has 1 saturated heterocycles. The van der Waals surface area contributed by atoms with Crippen LogP contribution in [-0.4, -0.2) is 17.2 Å². The highest BCUT2D eigenvalue weighted by atomic mass is 35.5. The molecule has 0 bridgehead atoms. The molecule has 2 aromatic rings. The predicted molar refractivity (Wildman–Crippen MR) is 85.0 cm³/mol. The van der Waals surface area contributed by atoms with Gasteiger partial charge in [0.1, 0.15) is 6.10 Å². The monoisotopic (exact) mass is 312 g/mol. The van der Waals surface area contributed by atoms with Crippen LogP contribution in [0.15, 0.2) is 59.7 Å². The molecule has 110 valence electrons. The van der Waals surface area contributed by atoms with Crippen LogP contribution in [0.3, 0.4) is 0 Å². The number of carbonyl (C=O) groups excluding carboxylic acids is 1. The summed E-state index contributed by atoms with van der Waals surface area (Å²) in [5, 5.41) is 6.41. The number of nitrogens with zero attached hydrogens (tertiary/aromatic N) is 2. The number of hydrogen-bond acceptors (Lipinski definition) is 3. The zero-order valence-electron chi connectivity index (χ0n) is 11.9. The Kier molecular flexibility index (Phi) is 2.86. The van der Waals surface area contributed by atoms with Gasteiger partial charge in [0.15, 0.2) is 0 Å². The number of anilines is 1. The maximum Gasteiger partial charge on any atom is 0.288 e. The van der Waals surface area contributed by atoms with Gasteiger partial charge in [-0.1, -0.05) is 41.9 Å². The fraction of sp³-hybridized carbons (Fsp3) is 0.176. The number of carbonyl (C=O) groups is 1. The minimum absolute atomic E-state index is 0.152. The van der Waals surface area contributed by atoms with E-state index >= 15 is 0 Å². The van der Waals surface area contributed by atoms with Gasteiger partial charge in [-0.05, 0) is 36.8 Å². The van der Waals surface area contributed by atoms with Crippen molar-refractivity contribution in [1.29, 1.82) is 0 Å². The average molecular weight is 313 g/mol. The second kappa shape index (κ2) is 4.66. The van der Waals surface area contributed by atoms with Gasteiger partial charge in [-0.3, -0.25) is 4.79 Å². The van der Waals surface area contributed by atoms with Crippen LogP contribution >= 0.6 is 11.6 Å². The Hall–Kier alpha value is -2.17. The van der Waals surface area contributed by atoms with Gasteiger partial charge in [-0.15, -0.1) is 0 Å². The van der Waals surface area contributed by atoms with Crippen LogP contribution in [0.2, 0.25) is 5.02 Å². The van der Waals surface area contributed by atoms with E-state index in [4.69, 9.17) is 16.3 Å². The van der Waals surface area contributed by atoms with Gasteiger partial charge in [-0.25, -0.2) is 0 Å². The molecule has 2 aliphatic heterocycles. The molecule has 0 aliphatic carbocycles. The lowest BCUT2D eigenvalue weighted by molar-refractivity contribution is -0.120. The second-order valence-corrected chi connectivity index (χ2v) is 5.86. The normalized spacial score (nSPS) is 26.5. The van der Waals surface area contributed by atoms with Gasteiger partial charge >= 0.3 is 0 Å². The van der Waals surface area contributed by atoms with E-state index in [1.807, 2.05) is 37.3 Å². The van der Waals surface area contributed by atoms with Crippen molar-refractivity contribution in [3.63, 3.8) is 0 Å². The lowest BCUT2D eigenvalue weighted by Crippen LogP contribution is -2.35. The molecule has 1 spiro atoms. The van der Waals surface area contributed by atoms with Crippen LogP contribution in [0.4, 0.5) is 5.69 Å². The number of halogens is 1. The molecule has 2 aromatic carbocycles. The maximum absolute atomic E-state index is 12.8. The summed E-state index contributed by atoms with van der Waals surface area (Å²) in [5.74, 6) is -0.152. The summed E-state index contributed by atoms with van der Waals surface area (Å²) in [7, 11) is 0. The summed E-state index contributed by atoms with van der Waals surface area (Å²) in [6.45, 7) is 1.83. The third-order valence-electron chi connectivity index (χ3n) is 4.09. The third kappa shape index (κ3) is 1.81. The molecule has 4 rings (SSSR count). The Bertz CT molecular complexity index is 773. The van der Waals surface area contributed by atoms with E-state index in [1.165, 1.54) is 5.01 Å². The average Bonchev–Trinajstić information content (AvgIpc) is 3.25. The van der Waals surface area contributed by atoms with Crippen molar-refractivity contribution < 1.29 is 9.53 Å². The predicted octanol–water partition coefficient (Wildman–Crippen LogP) is 3.57. The van der Waals surface area contributed by atoms with Crippen molar-refractivity contribution in [2.45, 2.75) is 18.6 Å². The van der Waals surface area contributed by atoms with Crippen molar-refractivity contribution in [3.05, 3.63) is 65.2 Å². The van der Waals surface area contributed by atoms with Crippen LogP contribution in [0.25, 0.3) is 0 Å². The topological polar surface area (TPSA) is 45.2 Å². The number of ether oxygens (including phenoxy) is 1. The number of rotatable bonds is 2. The molecule has 5 heteroatoms. The summed E-state index contributed by atoms with van der Waals surface area (Å²) in [6, 6.07) is 16.8. The molecule has 2 atom stereocenters. The van der Waals surface area contributed by atoms with Crippen molar-refractivity contribution in [2.75, 3.05) is 5.01 Å². The Balaban J connectivity index is 1.67. The molecule has 0 saturated carbocycles. The number of benzene rings is 2. The molecule has 0 radical (unpaired) electrons. The van der Waals surface area contributed by atoms with E-state index in [9.17, 15) is 4.79 Å². The molecular weight excluding hydrogens is 300 g/mol. The number of hydrogen-bond donors (Lipinski definition) is 0. The van der Waals surface area contributed by atoms with E-state index in [2.05, 4.69) is 5.10 Å². The smallest absolute Gasteiger partial charge is 0.288 e. The fourth-order valence-corrected chi connectivity index (χ4v) is 2.99. The molecule has 4 nitrogen and oxygen atoms in total. The number of hydrazone groups is 1. The third-order valence-corrected chi connectivity index (χ3v) is 4.34. The van der Waals surface area contributed by atoms with Gasteiger partial charge in [0, 0.05) is 5.02 Å². The van der Waals surface area contributed by atoms with Crippen LogP contribution in [0.5, 0.6) is 0 Å². The van der Waals surface area contributed by atoms with Crippen LogP contribution in [0.1, 0.15) is 18.6 Å². The van der Waals surface area contributed by atoms with E-state index in [-0.39, 0.29) is 12.0 Å². The highest BCUT2D eigenvalue weighted by Crippen LogP contribution is 2.54. The summed E-state index contributed by atoms with van der Waals surface area (Å²) < 4.78 is 5.80. The first-order valence-electron chi connectivity index (χ1n) is 7.01. The quantitative estimate of drug-likeness (QED) is 0.796. The van der Waals surface area contributed by atoms with E-state index in [1.54, 1.807) is 24.3 Å². The molecule has 2 aliphatic rings. The van der Waals surface area contributed by atoms with Gasteiger partial charge in [0.2, 0.25) is 5.60 Å². The number of amides is 1. The first-order valence-corrected chi connectivity index (χ1v) is 7.39. The molecule has 22 heavy (non-hydrogen) atoms. The fourth-order valence-electron chi connectivity index (χ4n) is 2.86. The van der Waals surface area contributed by atoms with Crippen LogP contribution in [-0.2, 0) is 9.53 Å². The molecule has 1 fully saturated rings. The largest absolute Gasteiger partial charge is 0.344 e. The summed E-state index contributed by atoms with van der Waals surface area (Å²) >= 11 is 5.89. The summed E-state index contributed by atoms with van der Waals surface area (Å²) in [4.78, 5) is 12.8. The highest BCUT2D eigenvalue weighted by Gasteiger charge is 2.69. The van der Waals surface area contributed by atoms with Crippen molar-refractivity contribution in [2.24, 2.45) is 5.10 Å². The Morgan fingerprint density at radius 3 is 2.50 bits per heavy atom. The van der Waals surface area contributed by atoms with Gasteiger partial charge in [0.25, 0.3) is 5.91 Å². The van der Waals surface area contributed by atoms with Crippen LogP contribution < -0.4 is 5.01 Å². The molecule has 2 heterocycles.